The van der Waals surface area contributed by atoms with Gasteiger partial charge in [0.1, 0.15) is 17.1 Å². The van der Waals surface area contributed by atoms with Gasteiger partial charge in [-0.15, -0.1) is 0 Å². The van der Waals surface area contributed by atoms with Crippen LogP contribution in [0.4, 0.5) is 4.79 Å². The molecule has 1 heterocycles. The highest BCUT2D eigenvalue weighted by Gasteiger charge is 2.33. The summed E-state index contributed by atoms with van der Waals surface area (Å²) in [6, 6.07) is 4.63. The molecule has 0 radical (unpaired) electrons. The van der Waals surface area contributed by atoms with Crippen molar-refractivity contribution in [1.82, 2.24) is 9.80 Å². The van der Waals surface area contributed by atoms with Crippen LogP contribution in [0, 0.1) is 0 Å². The number of amides is 2. The van der Waals surface area contributed by atoms with E-state index in [1.165, 1.54) is 19.2 Å². The van der Waals surface area contributed by atoms with Crippen molar-refractivity contribution in [3.63, 3.8) is 0 Å². The van der Waals surface area contributed by atoms with Crippen molar-refractivity contribution in [3.05, 3.63) is 23.8 Å². The van der Waals surface area contributed by atoms with E-state index < -0.39 is 5.60 Å². The Labute approximate surface area is 154 Å². The molecule has 1 aliphatic heterocycles. The zero-order chi connectivity index (χ0) is 19.5. The van der Waals surface area contributed by atoms with Crippen LogP contribution in [0.25, 0.3) is 0 Å². The van der Waals surface area contributed by atoms with E-state index in [1.54, 1.807) is 22.9 Å². The van der Waals surface area contributed by atoms with Crippen LogP contribution in [0.5, 0.6) is 11.5 Å². The van der Waals surface area contributed by atoms with Gasteiger partial charge in [-0.1, -0.05) is 0 Å². The molecule has 26 heavy (non-hydrogen) atoms. The van der Waals surface area contributed by atoms with Gasteiger partial charge in [0.15, 0.2) is 0 Å². The largest absolute Gasteiger partial charge is 0.508 e. The van der Waals surface area contributed by atoms with Crippen molar-refractivity contribution in [3.8, 4) is 11.5 Å². The lowest BCUT2D eigenvalue weighted by atomic mass is 10.1. The summed E-state index contributed by atoms with van der Waals surface area (Å²) in [5.41, 5.74) is 0.0899. The molecule has 0 unspecified atom stereocenters. The minimum absolute atomic E-state index is 0.0611. The highest BCUT2D eigenvalue weighted by Crippen LogP contribution is 2.25. The Morgan fingerprint density at radius 2 is 2.04 bits per heavy atom. The molecule has 0 bridgehead atoms. The Morgan fingerprint density at radius 3 is 2.65 bits per heavy atom. The van der Waals surface area contributed by atoms with Crippen molar-refractivity contribution in [2.75, 3.05) is 27.2 Å². The Balaban J connectivity index is 1.97. The molecular weight excluding hydrogens is 336 g/mol. The molecule has 144 valence electrons. The number of rotatable bonds is 4. The average molecular weight is 364 g/mol. The van der Waals surface area contributed by atoms with Crippen molar-refractivity contribution >= 4 is 12.0 Å². The van der Waals surface area contributed by atoms with Gasteiger partial charge in [0, 0.05) is 25.7 Å². The molecular formula is C19H28N2O5. The van der Waals surface area contributed by atoms with E-state index in [0.29, 0.717) is 30.8 Å². The molecule has 0 aromatic heterocycles. The van der Waals surface area contributed by atoms with Gasteiger partial charge in [-0.25, -0.2) is 4.79 Å². The summed E-state index contributed by atoms with van der Waals surface area (Å²) in [6.45, 7) is 6.52. The topological polar surface area (TPSA) is 79.3 Å². The van der Waals surface area contributed by atoms with Gasteiger partial charge in [0.2, 0.25) is 5.91 Å². The van der Waals surface area contributed by atoms with E-state index in [1.807, 2.05) is 20.8 Å². The molecule has 1 fully saturated rings. The van der Waals surface area contributed by atoms with Gasteiger partial charge in [0.25, 0.3) is 0 Å². The van der Waals surface area contributed by atoms with Crippen LogP contribution >= 0.6 is 0 Å². The molecule has 1 N–H and O–H groups in total. The Morgan fingerprint density at radius 1 is 1.35 bits per heavy atom. The normalized spacial score (nSPS) is 17.1. The number of carbonyl (C=O) groups excluding carboxylic acids is 2. The number of hydrogen-bond acceptors (Lipinski definition) is 5. The molecule has 1 aromatic rings. The molecule has 0 saturated carbocycles. The van der Waals surface area contributed by atoms with Crippen molar-refractivity contribution in [2.24, 2.45) is 0 Å². The number of hydrogen-bond donors (Lipinski definition) is 1. The number of carbonyl (C=O) groups is 2. The summed E-state index contributed by atoms with van der Waals surface area (Å²) in [6.07, 6.45) is 0.463. The van der Waals surface area contributed by atoms with Crippen LogP contribution in [0.3, 0.4) is 0 Å². The molecule has 1 atom stereocenters. The van der Waals surface area contributed by atoms with Crippen LogP contribution in [0.15, 0.2) is 18.2 Å². The maximum Gasteiger partial charge on any atom is 0.410 e. The lowest BCUT2D eigenvalue weighted by Gasteiger charge is -2.28. The Hall–Kier alpha value is -2.44. The predicted molar refractivity (Wildman–Crippen MR) is 97.3 cm³/mol. The summed E-state index contributed by atoms with van der Waals surface area (Å²) in [4.78, 5) is 28.1. The lowest BCUT2D eigenvalue weighted by molar-refractivity contribution is -0.129. The average Bonchev–Trinajstić information content (AvgIpc) is 3.02. The second kappa shape index (κ2) is 7.85. The standard InChI is InChI=1S/C19H28N2O5/c1-19(2,3)26-18(24)20(4)14-8-9-21(12-14)17(23)11-13-10-15(22)6-7-16(13)25-5/h6-7,10,14,22H,8-9,11-12H2,1-5H3/t14-/m0/s1. The number of likely N-dealkylation sites (N-methyl/N-ethyl adjacent to an activating group) is 1. The van der Waals surface area contributed by atoms with Crippen LogP contribution in [-0.4, -0.2) is 65.8 Å². The fourth-order valence-corrected chi connectivity index (χ4v) is 2.95. The Bertz CT molecular complexity index is 668. The highest BCUT2D eigenvalue weighted by atomic mass is 16.6. The first-order chi connectivity index (χ1) is 12.1. The Kier molecular flexibility index (Phi) is 6.00. The third kappa shape index (κ3) is 5.03. The minimum Gasteiger partial charge on any atom is -0.508 e. The molecule has 7 nitrogen and oxygen atoms in total. The summed E-state index contributed by atoms with van der Waals surface area (Å²) < 4.78 is 10.6. The third-order valence-electron chi connectivity index (χ3n) is 4.35. The quantitative estimate of drug-likeness (QED) is 0.888. The molecule has 1 aliphatic rings. The lowest BCUT2D eigenvalue weighted by Crippen LogP contribution is -2.42. The zero-order valence-corrected chi connectivity index (χ0v) is 16.1. The number of methoxy groups -OCH3 is 1. The van der Waals surface area contributed by atoms with Gasteiger partial charge in [-0.3, -0.25) is 4.79 Å². The number of aromatic hydroxyl groups is 1. The first kappa shape index (κ1) is 19.9. The monoisotopic (exact) mass is 364 g/mol. The highest BCUT2D eigenvalue weighted by molar-refractivity contribution is 5.80. The second-order valence-electron chi connectivity index (χ2n) is 7.55. The molecule has 0 spiro atoms. The first-order valence-corrected chi connectivity index (χ1v) is 8.70. The number of phenols is 1. The number of ether oxygens (including phenoxy) is 2. The maximum absolute atomic E-state index is 12.6. The molecule has 2 amide bonds. The zero-order valence-electron chi connectivity index (χ0n) is 16.1. The van der Waals surface area contributed by atoms with E-state index in [4.69, 9.17) is 9.47 Å². The first-order valence-electron chi connectivity index (χ1n) is 8.70. The molecule has 2 rings (SSSR count). The second-order valence-corrected chi connectivity index (χ2v) is 7.55. The summed E-state index contributed by atoms with van der Waals surface area (Å²) in [5.74, 6) is 0.601. The van der Waals surface area contributed by atoms with Crippen LogP contribution in [0.1, 0.15) is 32.8 Å². The smallest absolute Gasteiger partial charge is 0.410 e. The van der Waals surface area contributed by atoms with E-state index in [-0.39, 0.29) is 30.2 Å². The van der Waals surface area contributed by atoms with Gasteiger partial charge in [0.05, 0.1) is 19.6 Å². The van der Waals surface area contributed by atoms with Gasteiger partial charge in [-0.2, -0.15) is 0 Å². The number of phenolic OH excluding ortho intramolecular Hbond substituents is 1. The maximum atomic E-state index is 12.6. The van der Waals surface area contributed by atoms with Crippen molar-refractivity contribution in [2.45, 2.75) is 45.3 Å². The van der Waals surface area contributed by atoms with Crippen molar-refractivity contribution in [1.29, 1.82) is 0 Å². The van der Waals surface area contributed by atoms with E-state index in [9.17, 15) is 14.7 Å². The van der Waals surface area contributed by atoms with Gasteiger partial charge < -0.3 is 24.4 Å². The molecule has 1 saturated heterocycles. The molecule has 0 aliphatic carbocycles. The predicted octanol–water partition coefficient (Wildman–Crippen LogP) is 2.41. The minimum atomic E-state index is -0.550. The number of benzene rings is 1. The number of nitrogens with zero attached hydrogens (tertiary/aromatic N) is 2. The third-order valence-corrected chi connectivity index (χ3v) is 4.35. The fourth-order valence-electron chi connectivity index (χ4n) is 2.95. The van der Waals surface area contributed by atoms with Gasteiger partial charge >= 0.3 is 6.09 Å². The SMILES string of the molecule is COc1ccc(O)cc1CC(=O)N1CC[C@H](N(C)C(=O)OC(C)(C)C)C1. The molecule has 7 heteroatoms. The summed E-state index contributed by atoms with van der Waals surface area (Å²) in [7, 11) is 3.23. The van der Waals surface area contributed by atoms with E-state index in [0.717, 1.165) is 0 Å². The summed E-state index contributed by atoms with van der Waals surface area (Å²) >= 11 is 0. The van der Waals surface area contributed by atoms with Crippen molar-refractivity contribution < 1.29 is 24.2 Å². The van der Waals surface area contributed by atoms with Crippen LogP contribution < -0.4 is 4.74 Å². The number of likely N-dealkylation sites (tertiary alicyclic amines) is 1. The van der Waals surface area contributed by atoms with E-state index in [2.05, 4.69) is 0 Å². The summed E-state index contributed by atoms with van der Waals surface area (Å²) in [5, 5.41) is 9.64. The van der Waals surface area contributed by atoms with Gasteiger partial charge in [-0.05, 0) is 45.4 Å². The van der Waals surface area contributed by atoms with Crippen LogP contribution in [-0.2, 0) is 16.0 Å². The van der Waals surface area contributed by atoms with E-state index >= 15 is 0 Å². The fraction of sp³-hybridized carbons (Fsp3) is 0.579. The van der Waals surface area contributed by atoms with Crippen LogP contribution in [0.2, 0.25) is 0 Å². The molecule has 1 aromatic carbocycles.